The monoisotopic (exact) mass is 280 g/mol. The van der Waals surface area contributed by atoms with E-state index in [1.54, 1.807) is 0 Å². The number of benzene rings is 1. The summed E-state index contributed by atoms with van der Waals surface area (Å²) in [5.41, 5.74) is 1.19. The molecular weight excluding hydrogens is 256 g/mol. The summed E-state index contributed by atoms with van der Waals surface area (Å²) in [6.07, 6.45) is 0.610. The Hall–Kier alpha value is -1.68. The molecule has 2 unspecified atom stereocenters. The normalized spacial score (nSPS) is 22.6. The van der Waals surface area contributed by atoms with Crippen LogP contribution in [0.25, 0.3) is 0 Å². The van der Waals surface area contributed by atoms with Crippen molar-refractivity contribution < 1.29 is 19.4 Å². The highest BCUT2D eigenvalue weighted by Gasteiger charge is 2.44. The Morgan fingerprint density at radius 2 is 1.95 bits per heavy atom. The van der Waals surface area contributed by atoms with Crippen LogP contribution in [0.5, 0.6) is 0 Å². The SMILES string of the molecule is C=O.CC.CCC1(OC(C)=O)CC(O)c2ccccc21. The summed E-state index contributed by atoms with van der Waals surface area (Å²) in [5.74, 6) is -0.300. The molecule has 1 N–H and O–H groups in total. The van der Waals surface area contributed by atoms with Crippen LogP contribution >= 0.6 is 0 Å². The molecule has 0 bridgehead atoms. The van der Waals surface area contributed by atoms with Gasteiger partial charge in [-0.15, -0.1) is 0 Å². The fourth-order valence-corrected chi connectivity index (χ4v) is 2.51. The van der Waals surface area contributed by atoms with Gasteiger partial charge in [0.1, 0.15) is 12.4 Å². The molecule has 4 heteroatoms. The molecule has 0 amide bonds. The van der Waals surface area contributed by atoms with Crippen molar-refractivity contribution in [3.63, 3.8) is 0 Å². The molecule has 2 rings (SSSR count). The predicted molar refractivity (Wildman–Crippen MR) is 78.2 cm³/mol. The summed E-state index contributed by atoms with van der Waals surface area (Å²) in [4.78, 5) is 19.2. The molecular formula is C16H24O4. The standard InChI is InChI=1S/C13H16O3.C2H6.CH2O/c1-3-13(16-9(2)14)8-12(15)10-6-4-5-7-11(10)13;2*1-2/h4-7,12,15H,3,8H2,1-2H3;1-2H3;1H2. The van der Waals surface area contributed by atoms with Crippen molar-refractivity contribution in [3.05, 3.63) is 35.4 Å². The Balaban J connectivity index is 0.000000829. The maximum atomic E-state index is 11.2. The van der Waals surface area contributed by atoms with Gasteiger partial charge in [-0.25, -0.2) is 0 Å². The third-order valence-corrected chi connectivity index (χ3v) is 3.24. The number of carbonyl (C=O) groups is 2. The van der Waals surface area contributed by atoms with Crippen LogP contribution in [0.3, 0.4) is 0 Å². The van der Waals surface area contributed by atoms with Gasteiger partial charge in [0.25, 0.3) is 0 Å². The van der Waals surface area contributed by atoms with Crippen LogP contribution in [-0.2, 0) is 19.9 Å². The summed E-state index contributed by atoms with van der Waals surface area (Å²) in [6, 6.07) is 7.62. The highest BCUT2D eigenvalue weighted by atomic mass is 16.6. The van der Waals surface area contributed by atoms with Crippen LogP contribution in [-0.4, -0.2) is 17.9 Å². The Kier molecular flexibility index (Phi) is 7.77. The maximum absolute atomic E-state index is 11.2. The molecule has 0 aromatic heterocycles. The summed E-state index contributed by atoms with van der Waals surface area (Å²) in [6.45, 7) is 9.38. The van der Waals surface area contributed by atoms with Crippen molar-refractivity contribution in [1.29, 1.82) is 0 Å². The lowest BCUT2D eigenvalue weighted by atomic mass is 9.93. The quantitative estimate of drug-likeness (QED) is 0.845. The van der Waals surface area contributed by atoms with Gasteiger partial charge in [-0.1, -0.05) is 45.0 Å². The number of fused-ring (bicyclic) bond motifs is 1. The first-order valence-corrected chi connectivity index (χ1v) is 6.85. The van der Waals surface area contributed by atoms with Crippen LogP contribution < -0.4 is 0 Å². The molecule has 112 valence electrons. The van der Waals surface area contributed by atoms with Crippen LogP contribution in [0.4, 0.5) is 0 Å². The van der Waals surface area contributed by atoms with Gasteiger partial charge in [-0.2, -0.15) is 0 Å². The first-order valence-electron chi connectivity index (χ1n) is 6.85. The highest BCUT2D eigenvalue weighted by Crippen LogP contribution is 2.47. The molecule has 0 aliphatic heterocycles. The molecule has 1 aliphatic carbocycles. The largest absolute Gasteiger partial charge is 0.454 e. The molecule has 0 radical (unpaired) electrons. The van der Waals surface area contributed by atoms with Gasteiger partial charge in [-0.3, -0.25) is 4.79 Å². The second-order valence-corrected chi connectivity index (χ2v) is 4.25. The molecule has 0 heterocycles. The van der Waals surface area contributed by atoms with Crippen molar-refractivity contribution in [1.82, 2.24) is 0 Å². The van der Waals surface area contributed by atoms with Crippen molar-refractivity contribution >= 4 is 12.8 Å². The zero-order valence-corrected chi connectivity index (χ0v) is 12.7. The minimum atomic E-state index is -0.637. The van der Waals surface area contributed by atoms with E-state index in [-0.39, 0.29) is 5.97 Å². The Morgan fingerprint density at radius 3 is 2.45 bits per heavy atom. The summed E-state index contributed by atoms with van der Waals surface area (Å²) < 4.78 is 5.45. The Morgan fingerprint density at radius 1 is 1.40 bits per heavy atom. The van der Waals surface area contributed by atoms with Gasteiger partial charge >= 0.3 is 5.97 Å². The van der Waals surface area contributed by atoms with Gasteiger partial charge < -0.3 is 14.6 Å². The maximum Gasteiger partial charge on any atom is 0.303 e. The van der Waals surface area contributed by atoms with Crippen molar-refractivity contribution in [3.8, 4) is 0 Å². The number of aliphatic hydroxyl groups excluding tert-OH is 1. The number of hydrogen-bond donors (Lipinski definition) is 1. The molecule has 0 saturated carbocycles. The predicted octanol–water partition coefficient (Wildman–Crippen LogP) is 3.13. The highest BCUT2D eigenvalue weighted by molar-refractivity contribution is 5.67. The molecule has 2 atom stereocenters. The van der Waals surface area contributed by atoms with Crippen LogP contribution in [0.15, 0.2) is 24.3 Å². The minimum Gasteiger partial charge on any atom is -0.454 e. The van der Waals surface area contributed by atoms with E-state index < -0.39 is 11.7 Å². The summed E-state index contributed by atoms with van der Waals surface area (Å²) >= 11 is 0. The van der Waals surface area contributed by atoms with Gasteiger partial charge in [-0.05, 0) is 12.0 Å². The third-order valence-electron chi connectivity index (χ3n) is 3.24. The lowest BCUT2D eigenvalue weighted by Gasteiger charge is -2.28. The fourth-order valence-electron chi connectivity index (χ4n) is 2.51. The van der Waals surface area contributed by atoms with Crippen molar-refractivity contribution in [2.45, 2.75) is 52.2 Å². The van der Waals surface area contributed by atoms with E-state index in [9.17, 15) is 9.90 Å². The molecule has 0 fully saturated rings. The minimum absolute atomic E-state index is 0.300. The van der Waals surface area contributed by atoms with Gasteiger partial charge in [0.15, 0.2) is 0 Å². The van der Waals surface area contributed by atoms with Crippen LogP contribution in [0, 0.1) is 0 Å². The zero-order chi connectivity index (χ0) is 15.8. The average molecular weight is 280 g/mol. The molecule has 0 spiro atoms. The molecule has 0 saturated heterocycles. The molecule has 1 aromatic carbocycles. The van der Waals surface area contributed by atoms with Crippen LogP contribution in [0.1, 0.15) is 57.8 Å². The third kappa shape index (κ3) is 3.67. The van der Waals surface area contributed by atoms with E-state index in [4.69, 9.17) is 9.53 Å². The summed E-state index contributed by atoms with van der Waals surface area (Å²) in [5, 5.41) is 9.97. The number of aliphatic hydroxyl groups is 1. The van der Waals surface area contributed by atoms with E-state index >= 15 is 0 Å². The zero-order valence-electron chi connectivity index (χ0n) is 12.7. The molecule has 20 heavy (non-hydrogen) atoms. The van der Waals surface area contributed by atoms with E-state index in [0.29, 0.717) is 12.8 Å². The summed E-state index contributed by atoms with van der Waals surface area (Å²) in [7, 11) is 0. The first kappa shape index (κ1) is 18.3. The van der Waals surface area contributed by atoms with Gasteiger partial charge in [0.05, 0.1) is 6.10 Å². The van der Waals surface area contributed by atoms with E-state index in [0.717, 1.165) is 11.1 Å². The number of ether oxygens (including phenoxy) is 1. The lowest BCUT2D eigenvalue weighted by Crippen LogP contribution is -2.28. The molecule has 1 aromatic rings. The first-order chi connectivity index (χ1) is 9.59. The van der Waals surface area contributed by atoms with Crippen molar-refractivity contribution in [2.24, 2.45) is 0 Å². The Labute approximate surface area is 120 Å². The molecule has 1 aliphatic rings. The smallest absolute Gasteiger partial charge is 0.303 e. The average Bonchev–Trinajstić information content (AvgIpc) is 2.76. The van der Waals surface area contributed by atoms with Crippen LogP contribution in [0.2, 0.25) is 0 Å². The number of carbonyl (C=O) groups excluding carboxylic acids is 2. The van der Waals surface area contributed by atoms with Gasteiger partial charge in [0.2, 0.25) is 0 Å². The van der Waals surface area contributed by atoms with E-state index in [2.05, 4.69) is 0 Å². The Bertz CT molecular complexity index is 430. The fraction of sp³-hybridized carbons (Fsp3) is 0.500. The topological polar surface area (TPSA) is 63.6 Å². The van der Waals surface area contributed by atoms with E-state index in [1.807, 2.05) is 51.8 Å². The van der Waals surface area contributed by atoms with E-state index in [1.165, 1.54) is 6.92 Å². The number of esters is 1. The van der Waals surface area contributed by atoms with Crippen molar-refractivity contribution in [2.75, 3.05) is 0 Å². The number of hydrogen-bond acceptors (Lipinski definition) is 4. The second-order valence-electron chi connectivity index (χ2n) is 4.25. The number of rotatable bonds is 2. The lowest BCUT2D eigenvalue weighted by molar-refractivity contribution is -0.160. The second kappa shape index (κ2) is 8.48. The van der Waals surface area contributed by atoms with Gasteiger partial charge in [0, 0.05) is 18.9 Å². The molecule has 4 nitrogen and oxygen atoms in total.